The monoisotopic (exact) mass is 1810 g/mol. The van der Waals surface area contributed by atoms with E-state index < -0.39 is 50.6 Å². The van der Waals surface area contributed by atoms with E-state index in [4.69, 9.17) is 0 Å². The van der Waals surface area contributed by atoms with Crippen LogP contribution < -0.4 is 0 Å². The molecule has 5 aromatic carbocycles. The molecule has 15 nitrogen and oxygen atoms in total. The highest BCUT2D eigenvalue weighted by Gasteiger charge is 2.20. The Bertz CT molecular complexity index is 3990. The van der Waals surface area contributed by atoms with Crippen molar-refractivity contribution in [2.24, 2.45) is 0 Å². The molecule has 0 aliphatic rings. The highest BCUT2D eigenvalue weighted by molar-refractivity contribution is 7.86. The molecule has 122 heavy (non-hydrogen) atoms. The van der Waals surface area contributed by atoms with E-state index in [1.165, 1.54) is 261 Å². The summed E-state index contributed by atoms with van der Waals surface area (Å²) in [5.41, 5.74) is 8.68. The van der Waals surface area contributed by atoms with Crippen LogP contribution in [0.2, 0.25) is 0 Å². The molecule has 0 saturated carbocycles. The van der Waals surface area contributed by atoms with Gasteiger partial charge in [0.2, 0.25) is 0 Å². The molecule has 716 valence electrons. The minimum Gasteiger partial charge on any atom is -0.744 e. The van der Waals surface area contributed by atoms with Gasteiger partial charge >= 0.3 is 0 Å². The highest BCUT2D eigenvalue weighted by Crippen LogP contribution is 2.35. The fourth-order valence-electron chi connectivity index (χ4n) is 15.3. The van der Waals surface area contributed by atoms with E-state index in [2.05, 4.69) is 55.4 Å². The summed E-state index contributed by atoms with van der Waals surface area (Å²) in [6.07, 6.45) is 56.3. The molecule has 5 aromatic rings. The van der Waals surface area contributed by atoms with E-state index in [-0.39, 0.29) is 100 Å². The third-order valence-electron chi connectivity index (χ3n) is 22.7. The first-order chi connectivity index (χ1) is 54.3. The highest BCUT2D eigenvalue weighted by atomic mass is 32.2. The second-order valence-corrected chi connectivity index (χ2v) is 40.0. The lowest BCUT2D eigenvalue weighted by atomic mass is 9.91. The molecule has 5 atom stereocenters. The fourth-order valence-corrected chi connectivity index (χ4v) is 18.9. The van der Waals surface area contributed by atoms with Gasteiger partial charge in [0.25, 0.3) is 0 Å². The van der Waals surface area contributed by atoms with Crippen molar-refractivity contribution in [1.29, 1.82) is 0 Å². The Morgan fingerprint density at radius 1 is 0.238 bits per heavy atom. The van der Waals surface area contributed by atoms with Gasteiger partial charge in [0, 0.05) is 0 Å². The van der Waals surface area contributed by atoms with Crippen molar-refractivity contribution in [1.82, 2.24) is 0 Å². The van der Waals surface area contributed by atoms with Gasteiger partial charge in [0.05, 0.1) is 24.5 Å². The van der Waals surface area contributed by atoms with Crippen LogP contribution in [0.25, 0.3) is 0 Å². The summed E-state index contributed by atoms with van der Waals surface area (Å²) >= 11 is 0. The quantitative estimate of drug-likeness (QED) is 0.0258. The first kappa shape index (κ1) is 131. The van der Waals surface area contributed by atoms with Crippen LogP contribution in [0.1, 0.15) is 495 Å². The van der Waals surface area contributed by atoms with Gasteiger partial charge in [-0.2, -0.15) is 0 Å². The van der Waals surface area contributed by atoms with E-state index in [0.717, 1.165) is 96.7 Å². The second kappa shape index (κ2) is 73.5. The van der Waals surface area contributed by atoms with Crippen molar-refractivity contribution in [2.75, 3.05) is 0 Å². The summed E-state index contributed by atoms with van der Waals surface area (Å²) in [4.78, 5) is -0.384. The van der Waals surface area contributed by atoms with Gasteiger partial charge in [0.15, 0.2) is 0 Å². The predicted molar refractivity (Wildman–Crippen MR) is 521 cm³/mol. The third kappa shape index (κ3) is 58.2. The van der Waals surface area contributed by atoms with Crippen LogP contribution in [0.15, 0.2) is 115 Å². The summed E-state index contributed by atoms with van der Waals surface area (Å²) in [6, 6.07) is 24.9. The molecule has 0 aromatic heterocycles. The number of unbranched alkanes of at least 4 members (excludes halogenated alkanes) is 35. The smallest absolute Gasteiger partial charge is 0.124 e. The van der Waals surface area contributed by atoms with Crippen molar-refractivity contribution in [3.63, 3.8) is 0 Å². The zero-order chi connectivity index (χ0) is 86.5. The van der Waals surface area contributed by atoms with Gasteiger partial charge in [-0.25, -0.2) is 42.1 Å². The van der Waals surface area contributed by atoms with Gasteiger partial charge in [-0.1, -0.05) is 427 Å². The minimum absolute atomic E-state index is 0. The molecular weight excluding hydrogens is 1630 g/mol. The molecule has 0 N–H and O–H groups in total. The van der Waals surface area contributed by atoms with Crippen molar-refractivity contribution in [3.8, 4) is 0 Å². The second-order valence-electron chi connectivity index (χ2n) is 33.2. The maximum absolute atomic E-state index is 11.5. The number of aryl methyl sites for hydroxylation is 5. The zero-order valence-corrected chi connectivity index (χ0v) is 78.1. The van der Waals surface area contributed by atoms with Crippen LogP contribution in [-0.2, 0) is 50.6 Å². The van der Waals surface area contributed by atoms with Crippen LogP contribution in [0.4, 0.5) is 0 Å². The van der Waals surface area contributed by atoms with Gasteiger partial charge < -0.3 is 22.8 Å². The van der Waals surface area contributed by atoms with Crippen molar-refractivity contribution >= 4 is 50.6 Å². The standard InChI is InChI=1S/5C19H32O3S.7CH4/c1-4-5-6-7-8-9-10-11-13-16(2)19-17(3)14-12-15-18(19)23(20,21)22;1-4-5-6-7-8-9-10-11-12-17(3)18-14-13-16(2)15-19(18)23(20,21)22;1-4-5-6-7-8-9-10-11-12-16(2)19-14-13-18(15-17(19)3)23(20,21)22;1-4-5-6-7-8-9-10-11-12-16(2)19-15-18(23(20,21)22)14-13-17(19)3;1-4-5-6-7-8-9-10-11-12-16(2)18-14-13-17(3)19(15-18)23(20,21)22;;;;;;;/h12,14-16H,4-11,13H2,1-3H3,(H,20,21,22);13-15,17H,4-12H2,1-3H3,(H,20,21,22);3*13-16H,4-12H2,1-3H3,(H,20,21,22);7*1H4/p-5. The lowest BCUT2D eigenvalue weighted by Crippen LogP contribution is -2.08. The molecule has 0 radical (unpaired) electrons. The zero-order valence-electron chi connectivity index (χ0n) is 74.0. The molecule has 0 saturated heterocycles. The summed E-state index contributed by atoms with van der Waals surface area (Å²) in [5.74, 6) is 1.19. The Kier molecular flexibility index (Phi) is 78.8. The topological polar surface area (TPSA) is 286 Å². The summed E-state index contributed by atoms with van der Waals surface area (Å²) in [7, 11) is -21.9. The largest absolute Gasteiger partial charge is 0.744 e. The summed E-state index contributed by atoms with van der Waals surface area (Å²) < 4.78 is 169. The molecule has 0 heterocycles. The van der Waals surface area contributed by atoms with Crippen LogP contribution >= 0.6 is 0 Å². The lowest BCUT2D eigenvalue weighted by Gasteiger charge is -2.20. The third-order valence-corrected chi connectivity index (χ3v) is 27.1. The van der Waals surface area contributed by atoms with Crippen molar-refractivity contribution in [3.05, 3.63) is 147 Å². The first-order valence-corrected chi connectivity index (χ1v) is 51.7. The van der Waals surface area contributed by atoms with E-state index in [1.807, 2.05) is 59.7 Å². The van der Waals surface area contributed by atoms with Gasteiger partial charge in [-0.05, 0) is 194 Å². The van der Waals surface area contributed by atoms with Crippen LogP contribution in [0.3, 0.4) is 0 Å². The maximum Gasteiger partial charge on any atom is 0.124 e. The Morgan fingerprint density at radius 3 is 0.877 bits per heavy atom. The van der Waals surface area contributed by atoms with E-state index >= 15 is 0 Å². The molecule has 0 amide bonds. The number of rotatable bonds is 55. The van der Waals surface area contributed by atoms with Crippen molar-refractivity contribution < 1.29 is 64.9 Å². The van der Waals surface area contributed by atoms with E-state index in [1.54, 1.807) is 49.4 Å². The number of benzene rings is 5. The molecule has 5 unspecified atom stereocenters. The Labute approximate surface area is 755 Å². The Balaban J connectivity index is -0.000000267. The summed E-state index contributed by atoms with van der Waals surface area (Å²) in [5, 5.41) is 0. The van der Waals surface area contributed by atoms with E-state index in [9.17, 15) is 64.9 Å². The molecule has 0 fully saturated rings. The molecule has 0 aliphatic heterocycles. The summed E-state index contributed by atoms with van der Waals surface area (Å²) in [6.45, 7) is 30.8. The van der Waals surface area contributed by atoms with Gasteiger partial charge in [-0.15, -0.1) is 0 Å². The first-order valence-electron chi connectivity index (χ1n) is 44.6. The average Bonchev–Trinajstić information content (AvgIpc) is 0.815. The Hall–Kier alpha value is -4.35. The van der Waals surface area contributed by atoms with E-state index in [0.29, 0.717) is 22.6 Å². The SMILES string of the molecule is C.C.C.C.C.C.C.CCCCCCCCCCC(C)c1c(C)cccc1S(=O)(=O)[O-].CCCCCCCCCCC(C)c1cc(S(=O)(=O)[O-])ccc1C.CCCCCCCCCCC(C)c1ccc(C)c(S(=O)(=O)[O-])c1.CCCCCCCCCCC(C)c1ccc(C)cc1S(=O)(=O)[O-].CCCCCCCCCCC(C)c1ccc(S(=O)(=O)[O-])cc1C. The molecule has 20 heteroatoms. The van der Waals surface area contributed by atoms with Crippen molar-refractivity contribution in [2.45, 2.75) is 499 Å². The Morgan fingerprint density at radius 2 is 0.533 bits per heavy atom. The lowest BCUT2D eigenvalue weighted by molar-refractivity contribution is 0.457. The van der Waals surface area contributed by atoms with Crippen LogP contribution in [-0.4, -0.2) is 64.9 Å². The fraction of sp³-hybridized carbons (Fsp3) is 0.706. The van der Waals surface area contributed by atoms with Crippen LogP contribution in [0, 0.1) is 34.6 Å². The predicted octanol–water partition coefficient (Wildman–Crippen LogP) is 32.1. The van der Waals surface area contributed by atoms with Gasteiger partial charge in [0.1, 0.15) is 50.6 Å². The maximum atomic E-state index is 11.5. The number of hydrogen-bond donors (Lipinski definition) is 0. The minimum atomic E-state index is -4.40. The molecular formula is C102H183O15S5-5. The molecule has 5 rings (SSSR count). The molecule has 0 bridgehead atoms. The van der Waals surface area contributed by atoms with Crippen LogP contribution in [0.5, 0.6) is 0 Å². The van der Waals surface area contributed by atoms with Gasteiger partial charge in [-0.3, -0.25) is 0 Å². The molecule has 0 aliphatic carbocycles. The number of hydrogen-bond acceptors (Lipinski definition) is 15. The molecule has 0 spiro atoms. The average molecular weight is 1810 g/mol. The normalized spacial score (nSPS) is 12.5.